The Labute approximate surface area is 95.8 Å². The molecule has 2 rings (SSSR count). The molecule has 3 N–H and O–H groups in total. The Kier molecular flexibility index (Phi) is 2.92. The number of nitrogen functional groups attached to an aromatic ring is 1. The quantitative estimate of drug-likeness (QED) is 0.566. The molecule has 17 heavy (non-hydrogen) atoms. The Balaban J connectivity index is 2.56. The molecule has 0 atom stereocenters. The third-order valence-electron chi connectivity index (χ3n) is 2.65. The molecule has 0 bridgehead atoms. The number of likely N-dealkylation sites (N-methyl/N-ethyl adjacent to an activating group) is 1. The zero-order valence-corrected chi connectivity index (χ0v) is 9.17. The first-order valence-electron chi connectivity index (χ1n) is 5.04. The highest BCUT2D eigenvalue weighted by atomic mass is 19.4. The average molecular weight is 247 g/mol. The van der Waals surface area contributed by atoms with Crippen molar-refractivity contribution in [3.8, 4) is 0 Å². The molecule has 0 spiro atoms. The molecule has 5 nitrogen and oxygen atoms in total. The van der Waals surface area contributed by atoms with Gasteiger partial charge in [0.2, 0.25) is 5.95 Å². The number of hydrogen-bond donors (Lipinski definition) is 2. The van der Waals surface area contributed by atoms with E-state index in [9.17, 15) is 13.2 Å². The van der Waals surface area contributed by atoms with E-state index < -0.39 is 11.9 Å². The molecule has 0 unspecified atom stereocenters. The van der Waals surface area contributed by atoms with Crippen molar-refractivity contribution in [3.63, 3.8) is 0 Å². The number of halogens is 3. The standard InChI is InChI=1S/C9H12F3N5/c1-17-3-2-6-5(4-17)7(9(10,11)12)15-8(14-6)16-13/h2-4,13H2,1H3,(H,14,15,16). The highest BCUT2D eigenvalue weighted by Gasteiger charge is 2.38. The lowest BCUT2D eigenvalue weighted by atomic mass is 10.0. The van der Waals surface area contributed by atoms with Gasteiger partial charge in [0.05, 0.1) is 5.69 Å². The van der Waals surface area contributed by atoms with Crippen molar-refractivity contribution in [1.82, 2.24) is 14.9 Å². The predicted molar refractivity (Wildman–Crippen MR) is 54.9 cm³/mol. The molecule has 0 fully saturated rings. The molecule has 1 aliphatic heterocycles. The van der Waals surface area contributed by atoms with Crippen LogP contribution in [0.1, 0.15) is 17.0 Å². The number of hydrazine groups is 1. The Morgan fingerprint density at radius 3 is 2.65 bits per heavy atom. The maximum atomic E-state index is 12.8. The van der Waals surface area contributed by atoms with Gasteiger partial charge in [-0.15, -0.1) is 0 Å². The summed E-state index contributed by atoms with van der Waals surface area (Å²) in [6.07, 6.45) is -4.02. The molecule has 1 aromatic heterocycles. The van der Waals surface area contributed by atoms with Gasteiger partial charge in [-0.1, -0.05) is 0 Å². The van der Waals surface area contributed by atoms with Gasteiger partial charge >= 0.3 is 6.18 Å². The van der Waals surface area contributed by atoms with Gasteiger partial charge in [-0.25, -0.2) is 15.8 Å². The van der Waals surface area contributed by atoms with Crippen LogP contribution in [0.4, 0.5) is 19.1 Å². The van der Waals surface area contributed by atoms with E-state index in [1.54, 1.807) is 11.9 Å². The molecule has 0 aliphatic carbocycles. The molecular formula is C9H12F3N5. The summed E-state index contributed by atoms with van der Waals surface area (Å²) >= 11 is 0. The van der Waals surface area contributed by atoms with Crippen molar-refractivity contribution in [2.45, 2.75) is 19.1 Å². The van der Waals surface area contributed by atoms with Crippen LogP contribution in [-0.4, -0.2) is 28.5 Å². The van der Waals surface area contributed by atoms with Crippen LogP contribution in [-0.2, 0) is 19.1 Å². The molecule has 2 heterocycles. The Hall–Kier alpha value is -1.41. The van der Waals surface area contributed by atoms with E-state index in [1.165, 1.54) is 0 Å². The second-order valence-corrected chi connectivity index (χ2v) is 3.95. The molecular weight excluding hydrogens is 235 g/mol. The maximum Gasteiger partial charge on any atom is 0.433 e. The monoisotopic (exact) mass is 247 g/mol. The highest BCUT2D eigenvalue weighted by Crippen LogP contribution is 2.34. The van der Waals surface area contributed by atoms with Crippen LogP contribution in [0.25, 0.3) is 0 Å². The number of nitrogens with zero attached hydrogens (tertiary/aromatic N) is 3. The molecule has 0 amide bonds. The minimum absolute atomic E-state index is 0.144. The van der Waals surface area contributed by atoms with Crippen molar-refractivity contribution in [1.29, 1.82) is 0 Å². The smallest absolute Gasteiger partial charge is 0.302 e. The largest absolute Gasteiger partial charge is 0.433 e. The molecule has 0 radical (unpaired) electrons. The summed E-state index contributed by atoms with van der Waals surface area (Å²) < 4.78 is 38.5. The second kappa shape index (κ2) is 4.11. The topological polar surface area (TPSA) is 67.1 Å². The van der Waals surface area contributed by atoms with Gasteiger partial charge in [0.25, 0.3) is 0 Å². The van der Waals surface area contributed by atoms with Gasteiger partial charge in [-0.05, 0) is 7.05 Å². The van der Waals surface area contributed by atoms with Gasteiger partial charge in [0, 0.05) is 25.1 Å². The summed E-state index contributed by atoms with van der Waals surface area (Å²) in [4.78, 5) is 9.18. The fourth-order valence-corrected chi connectivity index (χ4v) is 1.85. The lowest BCUT2D eigenvalue weighted by Gasteiger charge is -2.26. The van der Waals surface area contributed by atoms with Gasteiger partial charge < -0.3 is 4.90 Å². The van der Waals surface area contributed by atoms with E-state index in [1.807, 2.05) is 0 Å². The average Bonchev–Trinajstić information content (AvgIpc) is 2.26. The van der Waals surface area contributed by atoms with Crippen LogP contribution in [0, 0.1) is 0 Å². The summed E-state index contributed by atoms with van der Waals surface area (Å²) in [5.74, 6) is 4.88. The summed E-state index contributed by atoms with van der Waals surface area (Å²) in [6.45, 7) is 0.875. The van der Waals surface area contributed by atoms with Gasteiger partial charge in [0.1, 0.15) is 0 Å². The van der Waals surface area contributed by atoms with E-state index in [-0.39, 0.29) is 18.1 Å². The van der Waals surface area contributed by atoms with E-state index in [0.717, 1.165) is 0 Å². The molecule has 0 saturated carbocycles. The first-order chi connectivity index (χ1) is 7.91. The van der Waals surface area contributed by atoms with E-state index >= 15 is 0 Å². The van der Waals surface area contributed by atoms with E-state index in [0.29, 0.717) is 18.7 Å². The van der Waals surface area contributed by atoms with Gasteiger partial charge in [-0.2, -0.15) is 13.2 Å². The number of rotatable bonds is 1. The second-order valence-electron chi connectivity index (χ2n) is 3.95. The van der Waals surface area contributed by atoms with E-state index in [2.05, 4.69) is 15.4 Å². The predicted octanol–water partition coefficient (Wildman–Crippen LogP) is 0.769. The fourth-order valence-electron chi connectivity index (χ4n) is 1.85. The lowest BCUT2D eigenvalue weighted by Crippen LogP contribution is -2.31. The van der Waals surface area contributed by atoms with Crippen LogP contribution < -0.4 is 11.3 Å². The zero-order valence-electron chi connectivity index (χ0n) is 9.17. The fraction of sp³-hybridized carbons (Fsp3) is 0.556. The number of aromatic nitrogens is 2. The van der Waals surface area contributed by atoms with Crippen LogP contribution in [0.5, 0.6) is 0 Å². The number of alkyl halides is 3. The molecule has 1 aliphatic rings. The summed E-state index contributed by atoms with van der Waals surface area (Å²) in [6, 6.07) is 0. The SMILES string of the molecule is CN1CCc2nc(NN)nc(C(F)(F)F)c2C1. The minimum atomic E-state index is -4.49. The molecule has 0 saturated heterocycles. The third-order valence-corrected chi connectivity index (χ3v) is 2.65. The van der Waals surface area contributed by atoms with Crippen LogP contribution in [0.3, 0.4) is 0 Å². The molecule has 94 valence electrons. The van der Waals surface area contributed by atoms with Gasteiger partial charge in [0.15, 0.2) is 5.69 Å². The molecule has 0 aromatic carbocycles. The molecule has 8 heteroatoms. The van der Waals surface area contributed by atoms with E-state index in [4.69, 9.17) is 5.84 Å². The normalized spacial score (nSPS) is 16.8. The van der Waals surface area contributed by atoms with Crippen LogP contribution in [0.15, 0.2) is 0 Å². The lowest BCUT2D eigenvalue weighted by molar-refractivity contribution is -0.142. The number of nitrogens with one attached hydrogen (secondary N) is 1. The van der Waals surface area contributed by atoms with Crippen LogP contribution >= 0.6 is 0 Å². The Morgan fingerprint density at radius 1 is 1.35 bits per heavy atom. The summed E-state index contributed by atoms with van der Waals surface area (Å²) in [5, 5.41) is 0. The number of hydrogen-bond acceptors (Lipinski definition) is 5. The molecule has 1 aromatic rings. The first-order valence-corrected chi connectivity index (χ1v) is 5.04. The first kappa shape index (κ1) is 12.1. The number of fused-ring (bicyclic) bond motifs is 1. The number of nitrogens with two attached hydrogens (primary N) is 1. The van der Waals surface area contributed by atoms with Gasteiger partial charge in [-0.3, -0.25) is 5.43 Å². The van der Waals surface area contributed by atoms with Crippen molar-refractivity contribution in [2.24, 2.45) is 5.84 Å². The summed E-state index contributed by atoms with van der Waals surface area (Å²) in [7, 11) is 1.76. The minimum Gasteiger partial charge on any atom is -0.302 e. The Morgan fingerprint density at radius 2 is 2.06 bits per heavy atom. The highest BCUT2D eigenvalue weighted by molar-refractivity contribution is 5.36. The van der Waals surface area contributed by atoms with Crippen molar-refractivity contribution >= 4 is 5.95 Å². The Bertz CT molecular complexity index is 431. The summed E-state index contributed by atoms with van der Waals surface area (Å²) in [5.41, 5.74) is 1.72. The van der Waals surface area contributed by atoms with Crippen molar-refractivity contribution in [2.75, 3.05) is 19.0 Å². The van der Waals surface area contributed by atoms with Crippen molar-refractivity contribution < 1.29 is 13.2 Å². The van der Waals surface area contributed by atoms with Crippen LogP contribution in [0.2, 0.25) is 0 Å². The van der Waals surface area contributed by atoms with Crippen molar-refractivity contribution in [3.05, 3.63) is 17.0 Å². The zero-order chi connectivity index (χ0) is 12.6. The third kappa shape index (κ3) is 2.32. The number of anilines is 1. The maximum absolute atomic E-state index is 12.8.